The van der Waals surface area contributed by atoms with Gasteiger partial charge in [-0.2, -0.15) is 0 Å². The van der Waals surface area contributed by atoms with Crippen LogP contribution < -0.4 is 15.5 Å². The van der Waals surface area contributed by atoms with E-state index in [1.807, 2.05) is 17.9 Å². The fraction of sp³-hybridized carbons (Fsp3) is 0.364. The average molecular weight is 483 g/mol. The van der Waals surface area contributed by atoms with Crippen LogP contribution in [0.15, 0.2) is 28.9 Å². The lowest BCUT2D eigenvalue weighted by molar-refractivity contribution is -0.153. The van der Waals surface area contributed by atoms with Crippen LogP contribution in [-0.4, -0.2) is 57.8 Å². The highest BCUT2D eigenvalue weighted by molar-refractivity contribution is 6.38. The zero-order valence-electron chi connectivity index (χ0n) is 18.2. The highest BCUT2D eigenvalue weighted by atomic mass is 35.5. The second kappa shape index (κ2) is 7.21. The van der Waals surface area contributed by atoms with Crippen molar-refractivity contribution in [3.63, 3.8) is 0 Å². The van der Waals surface area contributed by atoms with Crippen LogP contribution in [0.2, 0.25) is 5.02 Å². The molecule has 3 aromatic rings. The maximum Gasteiger partial charge on any atom is 0.328 e. The summed E-state index contributed by atoms with van der Waals surface area (Å²) >= 11 is 6.87. The Morgan fingerprint density at radius 2 is 1.94 bits per heavy atom. The van der Waals surface area contributed by atoms with Crippen molar-refractivity contribution >= 4 is 46.2 Å². The maximum absolute atomic E-state index is 13.3. The van der Waals surface area contributed by atoms with Crippen molar-refractivity contribution in [3.05, 3.63) is 35.1 Å². The number of carbonyl (C=O) groups excluding carboxylic acids is 3. The van der Waals surface area contributed by atoms with Crippen LogP contribution in [0.4, 0.5) is 10.5 Å². The number of hydrogen-bond donors (Lipinski definition) is 2. The SMILES string of the molecule is CC1CN2c3c(nc4c(-c5ccccn5)noc4c3Cl)CC3(C(=O)NC(=O)NC3=O)C2C(C)O1. The molecule has 0 aromatic carbocycles. The van der Waals surface area contributed by atoms with Gasteiger partial charge in [0.25, 0.3) is 0 Å². The van der Waals surface area contributed by atoms with Crippen molar-refractivity contribution in [1.82, 2.24) is 25.8 Å². The number of morpholine rings is 1. The minimum atomic E-state index is -1.65. The fourth-order valence-corrected chi connectivity index (χ4v) is 5.77. The first-order valence-electron chi connectivity index (χ1n) is 10.8. The number of amides is 4. The van der Waals surface area contributed by atoms with E-state index in [2.05, 4.69) is 20.8 Å². The van der Waals surface area contributed by atoms with Crippen LogP contribution in [0.1, 0.15) is 19.5 Å². The molecular weight excluding hydrogens is 464 g/mol. The van der Waals surface area contributed by atoms with Crippen LogP contribution in [0.25, 0.3) is 22.5 Å². The standard InChI is InChI=1S/C22H19ClN6O5/c1-9-8-29-16-12(7-22(18(29)10(2)33-9)19(30)26-21(32)27-20(22)31)25-15-14(11-5-3-4-6-24-11)28-34-17(15)13(16)23/h3-6,9-10,18H,7-8H2,1-2H3,(H2,26,27,30,31,32). The molecule has 11 nitrogen and oxygen atoms in total. The summed E-state index contributed by atoms with van der Waals surface area (Å²) in [6.07, 6.45) is 0.807. The molecule has 2 N–H and O–H groups in total. The fourth-order valence-electron chi connectivity index (χ4n) is 5.43. The smallest absolute Gasteiger partial charge is 0.328 e. The summed E-state index contributed by atoms with van der Waals surface area (Å²) in [5, 5.41) is 8.94. The number of aromatic nitrogens is 3. The minimum absolute atomic E-state index is 0.0843. The molecule has 0 aliphatic carbocycles. The summed E-state index contributed by atoms with van der Waals surface area (Å²) in [4.78, 5) is 49.4. The molecule has 3 unspecified atom stereocenters. The first kappa shape index (κ1) is 21.0. The van der Waals surface area contributed by atoms with E-state index in [1.54, 1.807) is 25.3 Å². The van der Waals surface area contributed by atoms with E-state index < -0.39 is 35.4 Å². The monoisotopic (exact) mass is 482 g/mol. The van der Waals surface area contributed by atoms with Gasteiger partial charge in [-0.3, -0.25) is 25.2 Å². The Bertz CT molecular complexity index is 1360. The van der Waals surface area contributed by atoms with E-state index in [4.69, 9.17) is 25.8 Å². The molecule has 1 spiro atoms. The van der Waals surface area contributed by atoms with Gasteiger partial charge in [-0.1, -0.05) is 22.8 Å². The Labute approximate surface area is 197 Å². The molecule has 2 fully saturated rings. The highest BCUT2D eigenvalue weighted by Crippen LogP contribution is 2.50. The summed E-state index contributed by atoms with van der Waals surface area (Å²) in [6, 6.07) is 3.78. The van der Waals surface area contributed by atoms with Crippen molar-refractivity contribution in [1.29, 1.82) is 0 Å². The third-order valence-corrected chi connectivity index (χ3v) is 7.04. The zero-order chi connectivity index (χ0) is 23.8. The van der Waals surface area contributed by atoms with Gasteiger partial charge >= 0.3 is 6.03 Å². The number of nitrogens with one attached hydrogen (secondary N) is 2. The number of rotatable bonds is 1. The first-order valence-corrected chi connectivity index (χ1v) is 11.2. The Kier molecular flexibility index (Phi) is 4.45. The van der Waals surface area contributed by atoms with Crippen molar-refractivity contribution in [2.24, 2.45) is 5.41 Å². The third-order valence-electron chi connectivity index (χ3n) is 6.69. The molecule has 0 saturated carbocycles. The Morgan fingerprint density at radius 1 is 1.18 bits per heavy atom. The minimum Gasteiger partial charge on any atom is -0.372 e. The first-order chi connectivity index (χ1) is 16.3. The molecule has 0 bridgehead atoms. The van der Waals surface area contributed by atoms with E-state index in [0.29, 0.717) is 34.8 Å². The van der Waals surface area contributed by atoms with Crippen molar-refractivity contribution in [2.75, 3.05) is 11.4 Å². The van der Waals surface area contributed by atoms with Crippen molar-refractivity contribution in [2.45, 2.75) is 38.5 Å². The van der Waals surface area contributed by atoms with Gasteiger partial charge in [0.05, 0.1) is 35.3 Å². The molecule has 174 valence electrons. The van der Waals surface area contributed by atoms with Crippen LogP contribution >= 0.6 is 11.6 Å². The molecular formula is C22H19ClN6O5. The number of barbiturate groups is 1. The van der Waals surface area contributed by atoms with E-state index in [1.165, 1.54) is 0 Å². The summed E-state index contributed by atoms with van der Waals surface area (Å²) in [5.41, 5.74) is 0.942. The summed E-state index contributed by atoms with van der Waals surface area (Å²) in [6.45, 7) is 4.04. The number of ether oxygens (including phenoxy) is 1. The van der Waals surface area contributed by atoms with Gasteiger partial charge in [0.2, 0.25) is 17.4 Å². The summed E-state index contributed by atoms with van der Waals surface area (Å²) < 4.78 is 11.6. The second-order valence-electron chi connectivity index (χ2n) is 8.78. The van der Waals surface area contributed by atoms with Gasteiger partial charge in [0.15, 0.2) is 11.1 Å². The lowest BCUT2D eigenvalue weighted by Gasteiger charge is -2.55. The Hall–Kier alpha value is -3.57. The number of fused-ring (bicyclic) bond motifs is 5. The molecule has 3 atom stereocenters. The quantitative estimate of drug-likeness (QED) is 0.497. The van der Waals surface area contributed by atoms with Crippen molar-refractivity contribution < 1.29 is 23.6 Å². The van der Waals surface area contributed by atoms with Gasteiger partial charge in [0, 0.05) is 19.2 Å². The van der Waals surface area contributed by atoms with Gasteiger partial charge in [-0.25, -0.2) is 9.78 Å². The lowest BCUT2D eigenvalue weighted by Crippen LogP contribution is -2.75. The predicted molar refractivity (Wildman–Crippen MR) is 119 cm³/mol. The highest BCUT2D eigenvalue weighted by Gasteiger charge is 2.63. The molecule has 3 aromatic heterocycles. The van der Waals surface area contributed by atoms with E-state index in [0.717, 1.165) is 0 Å². The molecule has 3 aliphatic rings. The maximum atomic E-state index is 13.3. The van der Waals surface area contributed by atoms with Gasteiger partial charge in [-0.15, -0.1) is 0 Å². The van der Waals surface area contributed by atoms with E-state index in [-0.39, 0.29) is 23.1 Å². The number of anilines is 1. The largest absolute Gasteiger partial charge is 0.372 e. The number of halogens is 1. The molecule has 6 rings (SSSR count). The van der Waals surface area contributed by atoms with Crippen LogP contribution in [-0.2, 0) is 20.7 Å². The molecule has 2 saturated heterocycles. The molecule has 6 heterocycles. The lowest BCUT2D eigenvalue weighted by atomic mass is 9.67. The Morgan fingerprint density at radius 3 is 2.65 bits per heavy atom. The third kappa shape index (κ3) is 2.74. The second-order valence-corrected chi connectivity index (χ2v) is 9.16. The van der Waals surface area contributed by atoms with Crippen LogP contribution in [0.3, 0.4) is 0 Å². The molecule has 12 heteroatoms. The molecule has 34 heavy (non-hydrogen) atoms. The van der Waals surface area contributed by atoms with E-state index >= 15 is 0 Å². The Balaban J connectivity index is 1.61. The number of nitrogens with zero attached hydrogens (tertiary/aromatic N) is 4. The number of urea groups is 1. The van der Waals surface area contributed by atoms with Crippen molar-refractivity contribution in [3.8, 4) is 11.4 Å². The van der Waals surface area contributed by atoms with Gasteiger partial charge < -0.3 is 14.2 Å². The van der Waals surface area contributed by atoms with E-state index in [9.17, 15) is 14.4 Å². The van der Waals surface area contributed by atoms with Gasteiger partial charge in [-0.05, 0) is 26.0 Å². The summed E-state index contributed by atoms with van der Waals surface area (Å²) in [7, 11) is 0. The number of pyridine rings is 2. The normalized spacial score (nSPS) is 25.7. The van der Waals surface area contributed by atoms with Crippen LogP contribution in [0, 0.1) is 5.41 Å². The molecule has 3 aliphatic heterocycles. The number of imide groups is 2. The number of hydrogen-bond acceptors (Lipinski definition) is 9. The topological polar surface area (TPSA) is 140 Å². The van der Waals surface area contributed by atoms with Gasteiger partial charge in [0.1, 0.15) is 10.5 Å². The number of carbonyl (C=O) groups is 3. The molecule has 4 amide bonds. The molecule has 0 radical (unpaired) electrons. The summed E-state index contributed by atoms with van der Waals surface area (Å²) in [5.74, 6) is -1.39. The average Bonchev–Trinajstić information content (AvgIpc) is 3.21. The zero-order valence-corrected chi connectivity index (χ0v) is 18.9. The van der Waals surface area contributed by atoms with Crippen LogP contribution in [0.5, 0.6) is 0 Å². The predicted octanol–water partition coefficient (Wildman–Crippen LogP) is 1.83.